The van der Waals surface area contributed by atoms with Crippen LogP contribution in [0.3, 0.4) is 0 Å². The van der Waals surface area contributed by atoms with Crippen LogP contribution >= 0.6 is 27.5 Å². The molecule has 0 fully saturated rings. The lowest BCUT2D eigenvalue weighted by molar-refractivity contribution is 0.411. The summed E-state index contributed by atoms with van der Waals surface area (Å²) in [6, 6.07) is 10.6. The van der Waals surface area contributed by atoms with E-state index in [4.69, 9.17) is 16.3 Å². The van der Waals surface area contributed by atoms with Crippen LogP contribution in [-0.4, -0.2) is 12.2 Å². The molecule has 3 nitrogen and oxygen atoms in total. The average Bonchev–Trinajstić information content (AvgIpc) is 2.41. The first-order chi connectivity index (χ1) is 9.10. The van der Waals surface area contributed by atoms with Crippen LogP contribution in [0.4, 0.5) is 5.69 Å². The summed E-state index contributed by atoms with van der Waals surface area (Å²) in [6.45, 7) is 0.474. The predicted octanol–water partition coefficient (Wildman–Crippen LogP) is 4.43. The molecule has 0 aliphatic rings. The molecule has 0 heterocycles. The van der Waals surface area contributed by atoms with Crippen molar-refractivity contribution in [2.45, 2.75) is 6.54 Å². The van der Waals surface area contributed by atoms with Gasteiger partial charge in [0.05, 0.1) is 12.8 Å². The number of ether oxygens (including phenoxy) is 1. The van der Waals surface area contributed by atoms with Gasteiger partial charge in [0.25, 0.3) is 0 Å². The Hall–Kier alpha value is -1.39. The van der Waals surface area contributed by atoms with Crippen LogP contribution in [0.5, 0.6) is 11.5 Å². The van der Waals surface area contributed by atoms with Gasteiger partial charge in [-0.3, -0.25) is 0 Å². The SMILES string of the molecule is COc1ccc(O)c(CNc2cc(Cl)ccc2Br)c1. The van der Waals surface area contributed by atoms with Gasteiger partial charge in [0.2, 0.25) is 0 Å². The first kappa shape index (κ1) is 14.0. The molecule has 2 rings (SSSR count). The van der Waals surface area contributed by atoms with Crippen LogP contribution < -0.4 is 10.1 Å². The van der Waals surface area contributed by atoms with E-state index < -0.39 is 0 Å². The van der Waals surface area contributed by atoms with E-state index in [9.17, 15) is 5.11 Å². The van der Waals surface area contributed by atoms with Crippen molar-refractivity contribution in [3.63, 3.8) is 0 Å². The Labute approximate surface area is 125 Å². The summed E-state index contributed by atoms with van der Waals surface area (Å²) in [5.74, 6) is 0.936. The van der Waals surface area contributed by atoms with Crippen LogP contribution in [0.15, 0.2) is 40.9 Å². The summed E-state index contributed by atoms with van der Waals surface area (Å²) in [4.78, 5) is 0. The van der Waals surface area contributed by atoms with E-state index >= 15 is 0 Å². The minimum absolute atomic E-state index is 0.228. The smallest absolute Gasteiger partial charge is 0.120 e. The van der Waals surface area contributed by atoms with Gasteiger partial charge < -0.3 is 15.2 Å². The van der Waals surface area contributed by atoms with Gasteiger partial charge in [-0.05, 0) is 52.3 Å². The molecule has 0 radical (unpaired) electrons. The number of anilines is 1. The van der Waals surface area contributed by atoms with Crippen molar-refractivity contribution in [2.75, 3.05) is 12.4 Å². The van der Waals surface area contributed by atoms with Gasteiger partial charge in [-0.2, -0.15) is 0 Å². The summed E-state index contributed by atoms with van der Waals surface area (Å²) in [7, 11) is 1.59. The van der Waals surface area contributed by atoms with Crippen LogP contribution in [0, 0.1) is 0 Å². The highest BCUT2D eigenvalue weighted by Gasteiger charge is 2.05. The maximum Gasteiger partial charge on any atom is 0.120 e. The number of phenolic OH excluding ortho intramolecular Hbond substituents is 1. The van der Waals surface area contributed by atoms with Crippen molar-refractivity contribution in [1.29, 1.82) is 0 Å². The third kappa shape index (κ3) is 3.55. The first-order valence-corrected chi connectivity index (χ1v) is 6.82. The maximum atomic E-state index is 9.80. The van der Waals surface area contributed by atoms with Crippen LogP contribution in [0.25, 0.3) is 0 Å². The summed E-state index contributed by atoms with van der Waals surface area (Å²) < 4.78 is 6.05. The second-order valence-corrected chi connectivity index (χ2v) is 5.26. The number of hydrogen-bond acceptors (Lipinski definition) is 3. The summed E-state index contributed by atoms with van der Waals surface area (Å²) in [5, 5.41) is 13.7. The number of benzene rings is 2. The van der Waals surface area contributed by atoms with E-state index in [0.717, 1.165) is 15.7 Å². The van der Waals surface area contributed by atoms with Crippen molar-refractivity contribution in [1.82, 2.24) is 0 Å². The number of phenols is 1. The lowest BCUT2D eigenvalue weighted by Crippen LogP contribution is -2.01. The number of methoxy groups -OCH3 is 1. The molecule has 100 valence electrons. The molecule has 0 amide bonds. The first-order valence-electron chi connectivity index (χ1n) is 5.65. The molecule has 2 aromatic rings. The summed E-state index contributed by atoms with van der Waals surface area (Å²) >= 11 is 9.39. The Morgan fingerprint density at radius 1 is 1.26 bits per heavy atom. The molecule has 0 saturated carbocycles. The molecule has 0 aliphatic carbocycles. The topological polar surface area (TPSA) is 41.5 Å². The van der Waals surface area contributed by atoms with Crippen molar-refractivity contribution in [3.05, 3.63) is 51.5 Å². The third-order valence-corrected chi connectivity index (χ3v) is 3.61. The van der Waals surface area contributed by atoms with Crippen molar-refractivity contribution >= 4 is 33.2 Å². The zero-order valence-electron chi connectivity index (χ0n) is 10.3. The number of rotatable bonds is 4. The fourth-order valence-electron chi connectivity index (χ4n) is 1.65. The number of hydrogen-bond donors (Lipinski definition) is 2. The second kappa shape index (κ2) is 6.17. The molecule has 0 unspecified atom stereocenters. The van der Waals surface area contributed by atoms with E-state index in [0.29, 0.717) is 17.3 Å². The lowest BCUT2D eigenvalue weighted by Gasteiger charge is -2.11. The van der Waals surface area contributed by atoms with Crippen molar-refractivity contribution < 1.29 is 9.84 Å². The van der Waals surface area contributed by atoms with Gasteiger partial charge in [0.15, 0.2) is 0 Å². The van der Waals surface area contributed by atoms with Gasteiger partial charge in [0, 0.05) is 21.6 Å². The minimum Gasteiger partial charge on any atom is -0.508 e. The van der Waals surface area contributed by atoms with E-state index in [1.165, 1.54) is 0 Å². The minimum atomic E-state index is 0.228. The Morgan fingerprint density at radius 2 is 2.05 bits per heavy atom. The molecule has 0 aliphatic heterocycles. The average molecular weight is 343 g/mol. The molecule has 19 heavy (non-hydrogen) atoms. The molecular weight excluding hydrogens is 330 g/mol. The van der Waals surface area contributed by atoms with Crippen molar-refractivity contribution in [2.24, 2.45) is 0 Å². The van der Waals surface area contributed by atoms with Crippen LogP contribution in [0.2, 0.25) is 5.02 Å². The standard InChI is InChI=1S/C14H13BrClNO2/c1-19-11-3-5-14(18)9(6-11)8-17-13-7-10(16)2-4-12(13)15/h2-7,17-18H,8H2,1H3. The highest BCUT2D eigenvalue weighted by atomic mass is 79.9. The molecule has 0 bridgehead atoms. The van der Waals surface area contributed by atoms with Gasteiger partial charge in [0.1, 0.15) is 11.5 Å². The number of halogens is 2. The lowest BCUT2D eigenvalue weighted by atomic mass is 10.2. The number of nitrogens with one attached hydrogen (secondary N) is 1. The summed E-state index contributed by atoms with van der Waals surface area (Å²) in [6.07, 6.45) is 0. The second-order valence-electron chi connectivity index (χ2n) is 3.97. The Bertz CT molecular complexity index is 590. The normalized spacial score (nSPS) is 10.3. The maximum absolute atomic E-state index is 9.80. The Morgan fingerprint density at radius 3 is 2.79 bits per heavy atom. The molecule has 0 saturated heterocycles. The van der Waals surface area contributed by atoms with E-state index in [-0.39, 0.29) is 5.75 Å². The Kier molecular flexibility index (Phi) is 4.56. The number of aromatic hydroxyl groups is 1. The summed E-state index contributed by atoms with van der Waals surface area (Å²) in [5.41, 5.74) is 1.63. The largest absolute Gasteiger partial charge is 0.508 e. The van der Waals surface area contributed by atoms with E-state index in [1.807, 2.05) is 12.1 Å². The molecule has 0 spiro atoms. The molecule has 0 atom stereocenters. The zero-order valence-corrected chi connectivity index (χ0v) is 12.6. The van der Waals surface area contributed by atoms with Crippen LogP contribution in [0.1, 0.15) is 5.56 Å². The van der Waals surface area contributed by atoms with E-state index in [1.54, 1.807) is 31.4 Å². The van der Waals surface area contributed by atoms with Gasteiger partial charge in [-0.1, -0.05) is 11.6 Å². The zero-order chi connectivity index (χ0) is 13.8. The van der Waals surface area contributed by atoms with Gasteiger partial charge in [-0.25, -0.2) is 0 Å². The molecular formula is C14H13BrClNO2. The Balaban J connectivity index is 2.16. The highest BCUT2D eigenvalue weighted by molar-refractivity contribution is 9.10. The molecule has 2 N–H and O–H groups in total. The third-order valence-electron chi connectivity index (χ3n) is 2.68. The van der Waals surface area contributed by atoms with E-state index in [2.05, 4.69) is 21.2 Å². The molecule has 2 aromatic carbocycles. The monoisotopic (exact) mass is 341 g/mol. The highest BCUT2D eigenvalue weighted by Crippen LogP contribution is 2.28. The molecule has 5 heteroatoms. The van der Waals surface area contributed by atoms with Gasteiger partial charge in [-0.15, -0.1) is 0 Å². The fourth-order valence-corrected chi connectivity index (χ4v) is 2.21. The quantitative estimate of drug-likeness (QED) is 0.863. The predicted molar refractivity (Wildman–Crippen MR) is 81.1 cm³/mol. The van der Waals surface area contributed by atoms with Crippen LogP contribution in [-0.2, 0) is 6.54 Å². The fraction of sp³-hybridized carbons (Fsp3) is 0.143. The molecule has 0 aromatic heterocycles. The van der Waals surface area contributed by atoms with Gasteiger partial charge >= 0.3 is 0 Å². The van der Waals surface area contributed by atoms with Crippen molar-refractivity contribution in [3.8, 4) is 11.5 Å².